The molecule has 0 bridgehead atoms. The molecule has 2 aromatic carbocycles. The number of carbonyl (C=O) groups is 3. The number of allylic oxidation sites excluding steroid dienone is 1. The quantitative estimate of drug-likeness (QED) is 0.373. The fraction of sp³-hybridized carbons (Fsp3) is 0.0556. The zero-order valence-corrected chi connectivity index (χ0v) is 12.3. The third kappa shape index (κ3) is 2.54. The minimum atomic E-state index is -1.40. The van der Waals surface area contributed by atoms with Crippen LogP contribution in [-0.2, 0) is 4.79 Å². The number of carbonyl (C=O) groups excluding carboxylic acids is 3. The van der Waals surface area contributed by atoms with Crippen molar-refractivity contribution in [3.8, 4) is 0 Å². The molecule has 0 saturated carbocycles. The van der Waals surface area contributed by atoms with Crippen LogP contribution in [0.15, 0.2) is 54.6 Å². The summed E-state index contributed by atoms with van der Waals surface area (Å²) in [5.74, 6) is -3.15. The lowest BCUT2D eigenvalue weighted by Crippen LogP contribution is -2.23. The van der Waals surface area contributed by atoms with E-state index in [-0.39, 0.29) is 22.4 Å². The largest absolute Gasteiger partial charge is 0.294 e. The molecule has 0 amide bonds. The molecule has 0 fully saturated rings. The van der Waals surface area contributed by atoms with Crippen molar-refractivity contribution in [3.05, 3.63) is 81.4 Å². The molecule has 0 aromatic heterocycles. The highest BCUT2D eigenvalue weighted by Gasteiger charge is 2.41. The van der Waals surface area contributed by atoms with Crippen LogP contribution in [0.1, 0.15) is 26.3 Å². The highest BCUT2D eigenvalue weighted by molar-refractivity contribution is 6.37. The minimum absolute atomic E-state index is 0.158. The Labute approximate surface area is 136 Å². The lowest BCUT2D eigenvalue weighted by Gasteiger charge is -2.01. The average Bonchev–Trinajstić information content (AvgIpc) is 2.84. The van der Waals surface area contributed by atoms with Crippen molar-refractivity contribution >= 4 is 29.1 Å². The molecular formula is C18H11NO5. The Morgan fingerprint density at radius 3 is 2.08 bits per heavy atom. The predicted molar refractivity (Wildman–Crippen MR) is 85.7 cm³/mol. The van der Waals surface area contributed by atoms with Gasteiger partial charge in [0, 0.05) is 17.2 Å². The van der Waals surface area contributed by atoms with Crippen molar-refractivity contribution in [2.45, 2.75) is 0 Å². The smallest absolute Gasteiger partial charge is 0.276 e. The van der Waals surface area contributed by atoms with E-state index in [1.54, 1.807) is 18.2 Å². The van der Waals surface area contributed by atoms with Crippen LogP contribution in [0.4, 0.5) is 5.69 Å². The average molecular weight is 321 g/mol. The van der Waals surface area contributed by atoms with Crippen LogP contribution in [0.3, 0.4) is 0 Å². The summed E-state index contributed by atoms with van der Waals surface area (Å²) < 4.78 is 0. The third-order valence-electron chi connectivity index (χ3n) is 3.83. The van der Waals surface area contributed by atoms with Gasteiger partial charge in [0.2, 0.25) is 0 Å². The first-order chi connectivity index (χ1) is 11.5. The van der Waals surface area contributed by atoms with Crippen LogP contribution in [-0.4, -0.2) is 22.3 Å². The number of ketones is 3. The van der Waals surface area contributed by atoms with Crippen molar-refractivity contribution in [2.24, 2.45) is 5.92 Å². The second-order valence-corrected chi connectivity index (χ2v) is 5.26. The van der Waals surface area contributed by atoms with Gasteiger partial charge in [-0.15, -0.1) is 0 Å². The summed E-state index contributed by atoms with van der Waals surface area (Å²) in [7, 11) is 0. The molecule has 0 N–H and O–H groups in total. The Hall–Kier alpha value is -3.41. The molecule has 0 radical (unpaired) electrons. The summed E-state index contributed by atoms with van der Waals surface area (Å²) in [6.45, 7) is 0. The van der Waals surface area contributed by atoms with Crippen LogP contribution in [0.2, 0.25) is 0 Å². The van der Waals surface area contributed by atoms with Gasteiger partial charge in [0.15, 0.2) is 17.3 Å². The van der Waals surface area contributed by atoms with Crippen molar-refractivity contribution in [1.29, 1.82) is 0 Å². The van der Waals surface area contributed by atoms with Crippen LogP contribution in [0.25, 0.3) is 6.08 Å². The summed E-state index contributed by atoms with van der Waals surface area (Å²) in [6, 6.07) is 12.2. The molecule has 1 aliphatic rings. The van der Waals surface area contributed by atoms with Gasteiger partial charge in [-0.2, -0.15) is 0 Å². The number of hydrogen-bond acceptors (Lipinski definition) is 5. The van der Waals surface area contributed by atoms with Crippen LogP contribution >= 0.6 is 0 Å². The van der Waals surface area contributed by atoms with E-state index in [2.05, 4.69) is 0 Å². The molecule has 0 aliphatic heterocycles. The number of hydrogen-bond donors (Lipinski definition) is 0. The van der Waals surface area contributed by atoms with E-state index in [0.717, 1.165) is 6.08 Å². The van der Waals surface area contributed by atoms with E-state index in [9.17, 15) is 24.5 Å². The Balaban J connectivity index is 1.88. The maximum atomic E-state index is 12.3. The number of para-hydroxylation sites is 1. The second-order valence-electron chi connectivity index (χ2n) is 5.26. The van der Waals surface area contributed by atoms with Gasteiger partial charge in [0.05, 0.1) is 10.5 Å². The Bertz CT molecular complexity index is 878. The maximum Gasteiger partial charge on any atom is 0.276 e. The van der Waals surface area contributed by atoms with Crippen LogP contribution < -0.4 is 0 Å². The lowest BCUT2D eigenvalue weighted by molar-refractivity contribution is -0.385. The Morgan fingerprint density at radius 2 is 1.50 bits per heavy atom. The van der Waals surface area contributed by atoms with Crippen molar-refractivity contribution in [2.75, 3.05) is 0 Å². The minimum Gasteiger partial charge on any atom is -0.294 e. The Morgan fingerprint density at radius 1 is 0.958 bits per heavy atom. The molecule has 0 unspecified atom stereocenters. The summed E-state index contributed by atoms with van der Waals surface area (Å²) in [5.41, 5.74) is 0.542. The number of Topliss-reactive ketones (excluding diaryl/α,β-unsaturated/α-hetero) is 2. The van der Waals surface area contributed by atoms with E-state index in [4.69, 9.17) is 0 Å². The molecule has 6 nitrogen and oxygen atoms in total. The molecule has 24 heavy (non-hydrogen) atoms. The normalized spacial score (nSPS) is 14.2. The van der Waals surface area contributed by atoms with Crippen molar-refractivity contribution in [1.82, 2.24) is 0 Å². The molecule has 6 heteroatoms. The van der Waals surface area contributed by atoms with Gasteiger partial charge in [0.1, 0.15) is 5.92 Å². The molecule has 118 valence electrons. The van der Waals surface area contributed by atoms with Gasteiger partial charge in [-0.1, -0.05) is 36.4 Å². The summed E-state index contributed by atoms with van der Waals surface area (Å²) >= 11 is 0. The van der Waals surface area contributed by atoms with Crippen molar-refractivity contribution < 1.29 is 19.3 Å². The molecule has 2 aromatic rings. The predicted octanol–water partition coefficient (Wildman–Crippen LogP) is 2.87. The van der Waals surface area contributed by atoms with Gasteiger partial charge < -0.3 is 0 Å². The van der Waals surface area contributed by atoms with Crippen molar-refractivity contribution in [3.63, 3.8) is 0 Å². The number of fused-ring (bicyclic) bond motifs is 1. The fourth-order valence-corrected chi connectivity index (χ4v) is 2.66. The zero-order valence-electron chi connectivity index (χ0n) is 12.3. The van der Waals surface area contributed by atoms with Gasteiger partial charge in [-0.25, -0.2) is 0 Å². The molecule has 1 aliphatic carbocycles. The SMILES string of the molecule is O=C(/C=C/c1ccccc1[N+](=O)[O-])C1C(=O)c2ccccc2C1=O. The highest BCUT2D eigenvalue weighted by atomic mass is 16.6. The summed E-state index contributed by atoms with van der Waals surface area (Å²) in [4.78, 5) is 47.2. The topological polar surface area (TPSA) is 94.3 Å². The third-order valence-corrected chi connectivity index (χ3v) is 3.83. The standard InChI is InChI=1S/C18H11NO5/c20-15(10-9-11-5-1-4-8-14(11)19(23)24)16-17(21)12-6-2-3-7-13(12)18(16)22/h1-10,16H/b10-9+. The van der Waals surface area contributed by atoms with Gasteiger partial charge >= 0.3 is 0 Å². The summed E-state index contributed by atoms with van der Waals surface area (Å²) in [6.07, 6.45) is 2.30. The zero-order chi connectivity index (χ0) is 17.3. The van der Waals surface area contributed by atoms with E-state index in [1.165, 1.54) is 36.4 Å². The number of nitro groups is 1. The number of benzene rings is 2. The van der Waals surface area contributed by atoms with Gasteiger partial charge in [-0.05, 0) is 18.2 Å². The molecule has 0 saturated heterocycles. The number of nitro benzene ring substituents is 1. The number of nitrogens with zero attached hydrogens (tertiary/aromatic N) is 1. The first-order valence-corrected chi connectivity index (χ1v) is 7.13. The lowest BCUT2D eigenvalue weighted by atomic mass is 9.97. The van der Waals surface area contributed by atoms with E-state index in [1.807, 2.05) is 0 Å². The highest BCUT2D eigenvalue weighted by Crippen LogP contribution is 2.28. The first kappa shape index (κ1) is 15.5. The first-order valence-electron chi connectivity index (χ1n) is 7.13. The molecular weight excluding hydrogens is 310 g/mol. The maximum absolute atomic E-state index is 12.3. The molecule has 0 atom stereocenters. The number of rotatable bonds is 4. The van der Waals surface area contributed by atoms with Gasteiger partial charge in [0.25, 0.3) is 5.69 Å². The Kier molecular flexibility index (Phi) is 3.87. The van der Waals surface area contributed by atoms with E-state index < -0.39 is 28.2 Å². The molecule has 3 rings (SSSR count). The summed E-state index contributed by atoms with van der Waals surface area (Å²) in [5, 5.41) is 11.0. The fourth-order valence-electron chi connectivity index (χ4n) is 2.66. The van der Waals surface area contributed by atoms with E-state index in [0.29, 0.717) is 0 Å². The van der Waals surface area contributed by atoms with Crippen LogP contribution in [0.5, 0.6) is 0 Å². The van der Waals surface area contributed by atoms with Crippen LogP contribution in [0, 0.1) is 16.0 Å². The monoisotopic (exact) mass is 321 g/mol. The molecule has 0 heterocycles. The van der Waals surface area contributed by atoms with E-state index >= 15 is 0 Å². The van der Waals surface area contributed by atoms with Gasteiger partial charge in [-0.3, -0.25) is 24.5 Å². The second kappa shape index (κ2) is 6.00. The molecule has 0 spiro atoms.